The van der Waals surface area contributed by atoms with Crippen molar-refractivity contribution in [2.75, 3.05) is 20.6 Å². The van der Waals surface area contributed by atoms with Gasteiger partial charge in [0, 0.05) is 12.0 Å². The summed E-state index contributed by atoms with van der Waals surface area (Å²) in [5, 5.41) is 1.99. The maximum atomic E-state index is 12.4. The van der Waals surface area contributed by atoms with Crippen molar-refractivity contribution in [2.45, 2.75) is 6.04 Å². The van der Waals surface area contributed by atoms with E-state index < -0.39 is 16.1 Å². The van der Waals surface area contributed by atoms with Crippen LogP contribution in [0.25, 0.3) is 6.08 Å². The first-order valence-corrected chi connectivity index (χ1v) is 9.92. The highest BCUT2D eigenvalue weighted by Crippen LogP contribution is 2.26. The summed E-state index contributed by atoms with van der Waals surface area (Å²) in [6, 6.07) is 13.9. The molecule has 0 heterocycles. The predicted molar refractivity (Wildman–Crippen MR) is 105 cm³/mol. The van der Waals surface area contributed by atoms with E-state index in [4.69, 9.17) is 23.2 Å². The first kappa shape index (κ1) is 19.9. The number of sulfonamides is 1. The lowest BCUT2D eigenvalue weighted by atomic mass is 10.1. The van der Waals surface area contributed by atoms with E-state index >= 15 is 0 Å². The first-order valence-electron chi connectivity index (χ1n) is 7.62. The summed E-state index contributed by atoms with van der Waals surface area (Å²) in [4.78, 5) is 1.90. The van der Waals surface area contributed by atoms with E-state index in [1.54, 1.807) is 24.3 Å². The second-order valence-corrected chi connectivity index (χ2v) is 8.28. The molecule has 1 atom stereocenters. The summed E-state index contributed by atoms with van der Waals surface area (Å²) in [5.41, 5.74) is 1.56. The van der Waals surface area contributed by atoms with Gasteiger partial charge in [0.05, 0.1) is 16.1 Å². The Hall–Kier alpha value is -1.37. The third-order valence-corrected chi connectivity index (χ3v) is 5.29. The van der Waals surface area contributed by atoms with Crippen LogP contribution in [-0.4, -0.2) is 34.0 Å². The van der Waals surface area contributed by atoms with E-state index in [0.717, 1.165) is 11.1 Å². The summed E-state index contributed by atoms with van der Waals surface area (Å²) >= 11 is 12.0. The van der Waals surface area contributed by atoms with E-state index in [9.17, 15) is 8.42 Å². The number of hydrogen-bond acceptors (Lipinski definition) is 3. The molecule has 2 rings (SSSR count). The number of nitrogens with zero attached hydrogens (tertiary/aromatic N) is 1. The lowest BCUT2D eigenvalue weighted by Gasteiger charge is -2.22. The molecule has 0 fully saturated rings. The van der Waals surface area contributed by atoms with Gasteiger partial charge in [-0.15, -0.1) is 0 Å². The third kappa shape index (κ3) is 6.45. The molecule has 0 amide bonds. The minimum Gasteiger partial charge on any atom is -0.307 e. The zero-order valence-corrected chi connectivity index (χ0v) is 16.3. The van der Waals surface area contributed by atoms with Crippen LogP contribution in [-0.2, 0) is 10.0 Å². The zero-order valence-electron chi connectivity index (χ0n) is 14.0. The van der Waals surface area contributed by atoms with E-state index in [1.165, 1.54) is 5.41 Å². The lowest BCUT2D eigenvalue weighted by Crippen LogP contribution is -2.34. The van der Waals surface area contributed by atoms with Crippen molar-refractivity contribution < 1.29 is 8.42 Å². The molecule has 0 radical (unpaired) electrons. The molecule has 0 aromatic heterocycles. The fourth-order valence-corrected chi connectivity index (χ4v) is 3.60. The molecule has 0 spiro atoms. The first-order chi connectivity index (χ1) is 11.8. The highest BCUT2D eigenvalue weighted by molar-refractivity contribution is 7.92. The van der Waals surface area contributed by atoms with Gasteiger partial charge in [-0.1, -0.05) is 59.6 Å². The maximum Gasteiger partial charge on any atom is 0.234 e. The topological polar surface area (TPSA) is 49.4 Å². The van der Waals surface area contributed by atoms with Crippen LogP contribution >= 0.6 is 23.2 Å². The molecule has 0 aliphatic heterocycles. The SMILES string of the molecule is CN(C)CC(NS(=O)(=O)/C=C/c1ccccc1)c1ccc(Cl)c(Cl)c1. The van der Waals surface area contributed by atoms with Crippen molar-refractivity contribution in [3.05, 3.63) is 75.1 Å². The molecule has 0 aliphatic carbocycles. The number of rotatable bonds is 7. The largest absolute Gasteiger partial charge is 0.307 e. The molecule has 4 nitrogen and oxygen atoms in total. The second kappa shape index (κ2) is 8.83. The quantitative estimate of drug-likeness (QED) is 0.760. The van der Waals surface area contributed by atoms with Gasteiger partial charge in [-0.3, -0.25) is 0 Å². The summed E-state index contributed by atoms with van der Waals surface area (Å²) in [6.07, 6.45) is 1.56. The van der Waals surface area contributed by atoms with Gasteiger partial charge in [0.1, 0.15) is 0 Å². The Morgan fingerprint density at radius 2 is 1.76 bits per heavy atom. The zero-order chi connectivity index (χ0) is 18.4. The molecule has 0 aliphatic rings. The lowest BCUT2D eigenvalue weighted by molar-refractivity contribution is 0.364. The highest BCUT2D eigenvalue weighted by atomic mass is 35.5. The van der Waals surface area contributed by atoms with Gasteiger partial charge in [0.25, 0.3) is 0 Å². The summed E-state index contributed by atoms with van der Waals surface area (Å²) in [6.45, 7) is 0.483. The van der Waals surface area contributed by atoms with Crippen molar-refractivity contribution in [3.63, 3.8) is 0 Å². The van der Waals surface area contributed by atoms with Gasteiger partial charge in [0.15, 0.2) is 0 Å². The molecule has 134 valence electrons. The Bertz CT molecular complexity index is 837. The van der Waals surface area contributed by atoms with Crippen molar-refractivity contribution in [1.82, 2.24) is 9.62 Å². The fourth-order valence-electron chi connectivity index (χ4n) is 2.27. The molecule has 7 heteroatoms. The van der Waals surface area contributed by atoms with E-state index in [1.807, 2.05) is 49.3 Å². The Labute approximate surface area is 159 Å². The predicted octanol–water partition coefficient (Wildman–Crippen LogP) is 4.19. The summed E-state index contributed by atoms with van der Waals surface area (Å²) in [5.74, 6) is 0. The van der Waals surface area contributed by atoms with Crippen molar-refractivity contribution in [3.8, 4) is 0 Å². The van der Waals surface area contributed by atoms with Gasteiger partial charge in [-0.25, -0.2) is 13.1 Å². The van der Waals surface area contributed by atoms with Crippen LogP contribution < -0.4 is 4.72 Å². The minimum atomic E-state index is -3.63. The van der Waals surface area contributed by atoms with E-state index in [2.05, 4.69) is 4.72 Å². The van der Waals surface area contributed by atoms with E-state index in [0.29, 0.717) is 16.6 Å². The Balaban J connectivity index is 2.23. The van der Waals surface area contributed by atoms with E-state index in [-0.39, 0.29) is 0 Å². The van der Waals surface area contributed by atoms with Crippen LogP contribution in [0.1, 0.15) is 17.2 Å². The molecular formula is C18H20Cl2N2O2S. The van der Waals surface area contributed by atoms with Crippen molar-refractivity contribution in [1.29, 1.82) is 0 Å². The van der Waals surface area contributed by atoms with Crippen LogP contribution in [0.4, 0.5) is 0 Å². The van der Waals surface area contributed by atoms with Gasteiger partial charge in [0.2, 0.25) is 10.0 Å². The molecule has 25 heavy (non-hydrogen) atoms. The van der Waals surface area contributed by atoms with Crippen molar-refractivity contribution in [2.24, 2.45) is 0 Å². The molecule has 2 aromatic carbocycles. The van der Waals surface area contributed by atoms with Gasteiger partial charge >= 0.3 is 0 Å². The molecule has 1 N–H and O–H groups in total. The normalized spacial score (nSPS) is 13.5. The molecule has 2 aromatic rings. The van der Waals surface area contributed by atoms with Gasteiger partial charge in [-0.05, 0) is 43.4 Å². The summed E-state index contributed by atoms with van der Waals surface area (Å²) in [7, 11) is 0.118. The average Bonchev–Trinajstić information content (AvgIpc) is 2.55. The van der Waals surface area contributed by atoms with Crippen LogP contribution in [0.2, 0.25) is 10.0 Å². The second-order valence-electron chi connectivity index (χ2n) is 5.86. The fraction of sp³-hybridized carbons (Fsp3) is 0.222. The maximum absolute atomic E-state index is 12.4. The van der Waals surface area contributed by atoms with Gasteiger partial charge in [-0.2, -0.15) is 0 Å². The van der Waals surface area contributed by atoms with Crippen LogP contribution in [0, 0.1) is 0 Å². The standard InChI is InChI=1S/C18H20Cl2N2O2S/c1-22(2)13-18(15-8-9-16(19)17(20)12-15)21-25(23,24)11-10-14-6-4-3-5-7-14/h3-12,18,21H,13H2,1-2H3/b11-10+. The van der Waals surface area contributed by atoms with Gasteiger partial charge < -0.3 is 4.90 Å². The van der Waals surface area contributed by atoms with Crippen LogP contribution in [0.15, 0.2) is 53.9 Å². The number of nitrogens with one attached hydrogen (secondary N) is 1. The molecular weight excluding hydrogens is 379 g/mol. The van der Waals surface area contributed by atoms with Crippen molar-refractivity contribution >= 4 is 39.3 Å². The Kier molecular flexibility index (Phi) is 7.04. The molecule has 0 saturated carbocycles. The Morgan fingerprint density at radius 1 is 1.08 bits per heavy atom. The van der Waals surface area contributed by atoms with Crippen LogP contribution in [0.5, 0.6) is 0 Å². The monoisotopic (exact) mass is 398 g/mol. The number of benzene rings is 2. The minimum absolute atomic E-state index is 0.391. The van der Waals surface area contributed by atoms with Crippen LogP contribution in [0.3, 0.4) is 0 Å². The number of hydrogen-bond donors (Lipinski definition) is 1. The molecule has 0 bridgehead atoms. The Morgan fingerprint density at radius 3 is 2.36 bits per heavy atom. The number of likely N-dealkylation sites (N-methyl/N-ethyl adjacent to an activating group) is 1. The number of halogens is 2. The highest BCUT2D eigenvalue weighted by Gasteiger charge is 2.19. The summed E-state index contributed by atoms with van der Waals surface area (Å²) < 4.78 is 27.6. The third-order valence-electron chi connectivity index (χ3n) is 3.44. The smallest absolute Gasteiger partial charge is 0.234 e. The molecule has 1 unspecified atom stereocenters. The average molecular weight is 399 g/mol. The molecule has 0 saturated heterocycles.